The molecule has 0 radical (unpaired) electrons. The lowest BCUT2D eigenvalue weighted by Gasteiger charge is -2.05. The van der Waals surface area contributed by atoms with Crippen molar-refractivity contribution in [2.24, 2.45) is 0 Å². The van der Waals surface area contributed by atoms with E-state index >= 15 is 0 Å². The summed E-state index contributed by atoms with van der Waals surface area (Å²) < 4.78 is 0.888. The minimum Gasteiger partial charge on any atom is -0.236 e. The maximum Gasteiger partial charge on any atom is 0.262 e. The van der Waals surface area contributed by atoms with Crippen molar-refractivity contribution >= 4 is 28.2 Å². The Kier molecular flexibility index (Phi) is 2.64. The van der Waals surface area contributed by atoms with Gasteiger partial charge in [-0.1, -0.05) is 11.6 Å². The first-order valence-corrected chi connectivity index (χ1v) is 5.36. The standard InChI is InChI=1S/C12H12ClN2O/c1-7-6-10-9(4-5-11(13)14-10)8(2)12(7)15(3)16/h4-6H,1-3H3/q+1. The number of hydrogen-bond acceptors (Lipinski definition) is 2. The summed E-state index contributed by atoms with van der Waals surface area (Å²) in [5.41, 5.74) is 3.39. The van der Waals surface area contributed by atoms with E-state index in [2.05, 4.69) is 4.98 Å². The highest BCUT2D eigenvalue weighted by Gasteiger charge is 2.18. The number of benzene rings is 1. The summed E-state index contributed by atoms with van der Waals surface area (Å²) in [5.74, 6) is 0. The molecule has 0 N–H and O–H groups in total. The van der Waals surface area contributed by atoms with Crippen LogP contribution >= 0.6 is 11.6 Å². The molecule has 82 valence electrons. The number of pyridine rings is 1. The van der Waals surface area contributed by atoms with E-state index in [0.717, 1.165) is 26.8 Å². The Morgan fingerprint density at radius 2 is 2.00 bits per heavy atom. The third kappa shape index (κ3) is 1.67. The van der Waals surface area contributed by atoms with Crippen LogP contribution in [0.25, 0.3) is 10.9 Å². The Balaban J connectivity index is 2.89. The number of hydrogen-bond donors (Lipinski definition) is 0. The minimum atomic E-state index is 0.467. The van der Waals surface area contributed by atoms with Crippen molar-refractivity contribution in [3.63, 3.8) is 0 Å². The fourth-order valence-electron chi connectivity index (χ4n) is 2.06. The molecule has 0 aliphatic heterocycles. The smallest absolute Gasteiger partial charge is 0.236 e. The molecule has 0 aliphatic carbocycles. The molecular weight excluding hydrogens is 224 g/mol. The van der Waals surface area contributed by atoms with Crippen molar-refractivity contribution in [2.75, 3.05) is 7.05 Å². The summed E-state index contributed by atoms with van der Waals surface area (Å²) in [6.07, 6.45) is 0. The van der Waals surface area contributed by atoms with Crippen LogP contribution in [0.5, 0.6) is 0 Å². The van der Waals surface area contributed by atoms with Crippen LogP contribution in [0.15, 0.2) is 18.2 Å². The van der Waals surface area contributed by atoms with Gasteiger partial charge in [-0.25, -0.2) is 4.98 Å². The van der Waals surface area contributed by atoms with Gasteiger partial charge in [0.25, 0.3) is 5.69 Å². The van der Waals surface area contributed by atoms with E-state index < -0.39 is 0 Å². The summed E-state index contributed by atoms with van der Waals surface area (Å²) in [6, 6.07) is 5.52. The van der Waals surface area contributed by atoms with Crippen molar-refractivity contribution < 1.29 is 4.76 Å². The van der Waals surface area contributed by atoms with Crippen molar-refractivity contribution in [2.45, 2.75) is 13.8 Å². The van der Waals surface area contributed by atoms with Crippen LogP contribution in [0.3, 0.4) is 0 Å². The van der Waals surface area contributed by atoms with Crippen LogP contribution in [-0.2, 0) is 0 Å². The first-order chi connectivity index (χ1) is 7.50. The topological polar surface area (TPSA) is 33.0 Å². The van der Waals surface area contributed by atoms with E-state index in [0.29, 0.717) is 10.8 Å². The summed E-state index contributed by atoms with van der Waals surface area (Å²) >= 11 is 5.84. The van der Waals surface area contributed by atoms with Gasteiger partial charge in [-0.15, -0.1) is 0 Å². The lowest BCUT2D eigenvalue weighted by atomic mass is 10.0. The Morgan fingerprint density at radius 3 is 2.62 bits per heavy atom. The fraction of sp³-hybridized carbons (Fsp3) is 0.250. The van der Waals surface area contributed by atoms with Crippen molar-refractivity contribution in [1.29, 1.82) is 0 Å². The van der Waals surface area contributed by atoms with E-state index in [9.17, 15) is 4.91 Å². The van der Waals surface area contributed by atoms with Crippen LogP contribution in [0.1, 0.15) is 11.1 Å². The second-order valence-corrected chi connectivity index (χ2v) is 4.25. The molecule has 3 nitrogen and oxygen atoms in total. The van der Waals surface area contributed by atoms with Gasteiger partial charge in [0.15, 0.2) is 7.05 Å². The zero-order valence-electron chi connectivity index (χ0n) is 9.41. The quantitative estimate of drug-likeness (QED) is 0.560. The molecule has 1 heterocycles. The number of rotatable bonds is 1. The van der Waals surface area contributed by atoms with Gasteiger partial charge in [0.2, 0.25) is 0 Å². The molecule has 4 heteroatoms. The van der Waals surface area contributed by atoms with E-state index in [-0.39, 0.29) is 0 Å². The number of fused-ring (bicyclic) bond motifs is 1. The summed E-state index contributed by atoms with van der Waals surface area (Å²) in [7, 11) is 1.50. The summed E-state index contributed by atoms with van der Waals surface area (Å²) in [4.78, 5) is 15.7. The van der Waals surface area contributed by atoms with E-state index in [1.54, 1.807) is 6.07 Å². The predicted octanol–water partition coefficient (Wildman–Crippen LogP) is 3.55. The SMILES string of the molecule is Cc1cc2nc(Cl)ccc2c(C)c1[N+](C)=O. The van der Waals surface area contributed by atoms with Gasteiger partial charge in [0.05, 0.1) is 5.52 Å². The number of aromatic nitrogens is 1. The lowest BCUT2D eigenvalue weighted by Crippen LogP contribution is -1.98. The zero-order valence-corrected chi connectivity index (χ0v) is 10.2. The van der Waals surface area contributed by atoms with Gasteiger partial charge in [-0.2, -0.15) is 0 Å². The van der Waals surface area contributed by atoms with Crippen LogP contribution in [-0.4, -0.2) is 16.8 Å². The largest absolute Gasteiger partial charge is 0.262 e. The maximum absolute atomic E-state index is 11.5. The molecule has 0 unspecified atom stereocenters. The van der Waals surface area contributed by atoms with Crippen LogP contribution in [0.4, 0.5) is 5.69 Å². The van der Waals surface area contributed by atoms with Crippen molar-refractivity contribution in [1.82, 2.24) is 4.98 Å². The predicted molar refractivity (Wildman–Crippen MR) is 65.4 cm³/mol. The number of nitroso groups, excluding NO2 is 1. The summed E-state index contributed by atoms with van der Waals surface area (Å²) in [5, 5.41) is 1.43. The molecule has 0 saturated heterocycles. The molecule has 0 bridgehead atoms. The van der Waals surface area contributed by atoms with Gasteiger partial charge < -0.3 is 0 Å². The number of halogens is 1. The normalized spacial score (nSPS) is 10.8. The Morgan fingerprint density at radius 1 is 1.31 bits per heavy atom. The van der Waals surface area contributed by atoms with Crippen LogP contribution in [0.2, 0.25) is 5.15 Å². The molecule has 16 heavy (non-hydrogen) atoms. The Bertz CT molecular complexity index is 593. The molecule has 0 aliphatic rings. The highest BCUT2D eigenvalue weighted by atomic mass is 35.5. The summed E-state index contributed by atoms with van der Waals surface area (Å²) in [6.45, 7) is 3.83. The van der Waals surface area contributed by atoms with Crippen molar-refractivity contribution in [3.05, 3.63) is 39.4 Å². The van der Waals surface area contributed by atoms with Crippen LogP contribution < -0.4 is 0 Å². The molecule has 0 saturated carbocycles. The lowest BCUT2D eigenvalue weighted by molar-refractivity contribution is -0.429. The first kappa shape index (κ1) is 11.0. The van der Waals surface area contributed by atoms with Gasteiger partial charge in [0.1, 0.15) is 5.15 Å². The highest BCUT2D eigenvalue weighted by Crippen LogP contribution is 2.30. The fourth-order valence-corrected chi connectivity index (χ4v) is 2.21. The maximum atomic E-state index is 11.5. The Labute approximate surface area is 98.6 Å². The Hall–Kier alpha value is -1.48. The molecule has 0 amide bonds. The van der Waals surface area contributed by atoms with E-state index in [1.807, 2.05) is 26.0 Å². The number of aryl methyl sites for hydroxylation is 2. The van der Waals surface area contributed by atoms with Gasteiger partial charge in [-0.3, -0.25) is 0 Å². The molecule has 0 atom stereocenters. The van der Waals surface area contributed by atoms with Gasteiger partial charge in [-0.05, 0) is 32.0 Å². The monoisotopic (exact) mass is 235 g/mol. The highest BCUT2D eigenvalue weighted by molar-refractivity contribution is 6.29. The average molecular weight is 236 g/mol. The van der Waals surface area contributed by atoms with Gasteiger partial charge >= 0.3 is 0 Å². The zero-order chi connectivity index (χ0) is 11.9. The van der Waals surface area contributed by atoms with Crippen LogP contribution in [0, 0.1) is 18.8 Å². The van der Waals surface area contributed by atoms with E-state index in [4.69, 9.17) is 11.6 Å². The first-order valence-electron chi connectivity index (χ1n) is 4.98. The van der Waals surface area contributed by atoms with E-state index in [1.165, 1.54) is 7.05 Å². The van der Waals surface area contributed by atoms with Gasteiger partial charge in [0, 0.05) is 26.2 Å². The van der Waals surface area contributed by atoms with Crippen molar-refractivity contribution in [3.8, 4) is 0 Å². The number of nitrogens with zero attached hydrogens (tertiary/aromatic N) is 2. The second kappa shape index (κ2) is 3.83. The molecule has 2 rings (SSSR count). The second-order valence-electron chi connectivity index (χ2n) is 3.87. The third-order valence-corrected chi connectivity index (χ3v) is 2.90. The average Bonchev–Trinajstić information content (AvgIpc) is 2.15. The molecule has 0 spiro atoms. The molecule has 1 aromatic carbocycles. The molecule has 2 aromatic rings. The molecule has 0 fully saturated rings. The third-order valence-electron chi connectivity index (χ3n) is 2.69. The molecule has 1 aromatic heterocycles. The minimum absolute atomic E-state index is 0.467. The molecular formula is C12H12ClN2O+.